The average Bonchev–Trinajstić information content (AvgIpc) is 2.80. The third-order valence-corrected chi connectivity index (χ3v) is 6.81. The summed E-state index contributed by atoms with van der Waals surface area (Å²) in [5.74, 6) is -0.212. The van der Waals surface area contributed by atoms with Gasteiger partial charge in [-0.25, -0.2) is 8.78 Å². The first-order valence-electron chi connectivity index (χ1n) is 10.6. The van der Waals surface area contributed by atoms with Gasteiger partial charge < -0.3 is 14.7 Å². The maximum absolute atomic E-state index is 16.0. The van der Waals surface area contributed by atoms with E-state index < -0.39 is 11.6 Å². The zero-order chi connectivity index (χ0) is 23.3. The van der Waals surface area contributed by atoms with Crippen molar-refractivity contribution < 1.29 is 18.6 Å². The van der Waals surface area contributed by atoms with Crippen LogP contribution in [0.15, 0.2) is 34.9 Å². The minimum atomic E-state index is -0.692. The van der Waals surface area contributed by atoms with Crippen LogP contribution in [0, 0.1) is 17.6 Å². The van der Waals surface area contributed by atoms with Crippen LogP contribution in [0.1, 0.15) is 19.8 Å². The number of phenols is 1. The second-order valence-corrected chi connectivity index (χ2v) is 9.16. The number of hydrogen-bond donors (Lipinski definition) is 1. The van der Waals surface area contributed by atoms with Crippen LogP contribution in [-0.2, 0) is 0 Å². The summed E-state index contributed by atoms with van der Waals surface area (Å²) < 4.78 is 35.7. The van der Waals surface area contributed by atoms with E-state index in [1.165, 1.54) is 37.6 Å². The number of piperidine rings is 1. The van der Waals surface area contributed by atoms with E-state index in [0.29, 0.717) is 27.9 Å². The van der Waals surface area contributed by atoms with E-state index in [4.69, 9.17) is 4.74 Å². The summed E-state index contributed by atoms with van der Waals surface area (Å²) in [4.78, 5) is 15.3. The molecule has 4 aromatic rings. The Morgan fingerprint density at radius 3 is 2.79 bits per heavy atom. The second kappa shape index (κ2) is 8.37. The molecule has 1 atom stereocenters. The summed E-state index contributed by atoms with van der Waals surface area (Å²) in [6, 6.07) is 5.72. The number of aromatic nitrogens is 3. The number of halogens is 3. The third kappa shape index (κ3) is 3.74. The molecule has 0 saturated carbocycles. The Hall–Kier alpha value is -3.07. The Kier molecular flexibility index (Phi) is 5.52. The van der Waals surface area contributed by atoms with Crippen molar-refractivity contribution >= 4 is 43.4 Å². The zero-order valence-corrected chi connectivity index (χ0v) is 19.7. The first-order valence-corrected chi connectivity index (χ1v) is 11.4. The first-order chi connectivity index (χ1) is 15.9. The molecule has 170 valence electrons. The lowest BCUT2D eigenvalue weighted by Gasteiger charge is -2.32. The molecule has 2 aromatic heterocycles. The van der Waals surface area contributed by atoms with Crippen LogP contribution in [0.4, 0.5) is 14.6 Å². The summed E-state index contributed by atoms with van der Waals surface area (Å²) in [7, 11) is 1.44. The van der Waals surface area contributed by atoms with Crippen LogP contribution in [0.5, 0.6) is 11.8 Å². The Bertz CT molecular complexity index is 1400. The number of benzene rings is 2. The van der Waals surface area contributed by atoms with Gasteiger partial charge >= 0.3 is 6.01 Å². The van der Waals surface area contributed by atoms with Crippen molar-refractivity contribution in [2.75, 3.05) is 25.1 Å². The van der Waals surface area contributed by atoms with Gasteiger partial charge in [-0.1, -0.05) is 13.0 Å². The van der Waals surface area contributed by atoms with Crippen molar-refractivity contribution in [2.24, 2.45) is 5.92 Å². The Labute approximate surface area is 197 Å². The lowest BCUT2D eigenvalue weighted by Crippen LogP contribution is -2.35. The molecule has 33 heavy (non-hydrogen) atoms. The molecule has 1 saturated heterocycles. The Morgan fingerprint density at radius 1 is 1.21 bits per heavy atom. The minimum Gasteiger partial charge on any atom is -0.508 e. The van der Waals surface area contributed by atoms with Crippen LogP contribution >= 0.6 is 15.9 Å². The van der Waals surface area contributed by atoms with E-state index in [0.717, 1.165) is 25.9 Å². The van der Waals surface area contributed by atoms with E-state index in [1.54, 1.807) is 0 Å². The fourth-order valence-electron chi connectivity index (χ4n) is 4.49. The summed E-state index contributed by atoms with van der Waals surface area (Å²) >= 11 is 3.26. The number of ether oxygens (including phenoxy) is 1. The monoisotopic (exact) mass is 514 g/mol. The maximum Gasteiger partial charge on any atom is 0.318 e. The minimum absolute atomic E-state index is 0.0478. The normalized spacial score (nSPS) is 16.5. The van der Waals surface area contributed by atoms with Gasteiger partial charge in [0, 0.05) is 30.2 Å². The fourth-order valence-corrected chi connectivity index (χ4v) is 5.07. The molecule has 6 nitrogen and oxygen atoms in total. The molecule has 0 aliphatic carbocycles. The zero-order valence-electron chi connectivity index (χ0n) is 18.1. The summed E-state index contributed by atoms with van der Waals surface area (Å²) in [5.41, 5.74) is 0.263. The largest absolute Gasteiger partial charge is 0.508 e. The molecule has 0 spiro atoms. The summed E-state index contributed by atoms with van der Waals surface area (Å²) in [6.45, 7) is 3.77. The standard InChI is InChI=1S/C24H21BrF2N4O2/c1-12-4-3-7-31(11-12)23-16-10-28-21(20(27)22(16)29-24(30-23)33-2)15-9-14(32)8-13-5-6-17(26)19(25)18(13)15/h5-6,8-10,12,32H,3-4,7,11H2,1-2H3. The number of nitrogens with zero attached hydrogens (tertiary/aromatic N) is 4. The second-order valence-electron chi connectivity index (χ2n) is 8.36. The van der Waals surface area contributed by atoms with Gasteiger partial charge in [0.15, 0.2) is 5.82 Å². The number of phenolic OH excluding ortho intramolecular Hbond substituents is 1. The van der Waals surface area contributed by atoms with E-state index in [9.17, 15) is 9.50 Å². The van der Waals surface area contributed by atoms with Gasteiger partial charge in [0.05, 0.1) is 17.0 Å². The van der Waals surface area contributed by atoms with E-state index >= 15 is 4.39 Å². The predicted octanol–water partition coefficient (Wildman–Crippen LogP) is 5.84. The van der Waals surface area contributed by atoms with Crippen LogP contribution in [0.2, 0.25) is 0 Å². The van der Waals surface area contributed by atoms with Gasteiger partial charge in [0.1, 0.15) is 28.6 Å². The number of methoxy groups -OCH3 is 1. The molecule has 1 aliphatic heterocycles. The third-order valence-electron chi connectivity index (χ3n) is 6.03. The number of hydrogen-bond acceptors (Lipinski definition) is 6. The van der Waals surface area contributed by atoms with E-state index in [1.807, 2.05) is 0 Å². The van der Waals surface area contributed by atoms with Crippen molar-refractivity contribution in [1.82, 2.24) is 15.0 Å². The molecule has 2 aromatic carbocycles. The molecule has 3 heterocycles. The first kappa shape index (κ1) is 21.8. The Balaban J connectivity index is 1.77. The molecule has 0 amide bonds. The maximum atomic E-state index is 16.0. The van der Waals surface area contributed by atoms with Crippen molar-refractivity contribution in [3.8, 4) is 23.0 Å². The smallest absolute Gasteiger partial charge is 0.318 e. The van der Waals surface area contributed by atoms with Gasteiger partial charge in [0.25, 0.3) is 0 Å². The Morgan fingerprint density at radius 2 is 2.03 bits per heavy atom. The number of pyridine rings is 1. The van der Waals surface area contributed by atoms with Gasteiger partial charge in [-0.2, -0.15) is 9.97 Å². The van der Waals surface area contributed by atoms with Crippen molar-refractivity contribution in [3.05, 3.63) is 46.6 Å². The molecule has 1 fully saturated rings. The molecule has 1 unspecified atom stereocenters. The van der Waals surface area contributed by atoms with Crippen LogP contribution in [0.3, 0.4) is 0 Å². The highest BCUT2D eigenvalue weighted by atomic mass is 79.9. The lowest BCUT2D eigenvalue weighted by molar-refractivity contribution is 0.379. The summed E-state index contributed by atoms with van der Waals surface area (Å²) in [6.07, 6.45) is 3.67. The van der Waals surface area contributed by atoms with Crippen LogP contribution in [0.25, 0.3) is 32.9 Å². The molecular formula is C24H21BrF2N4O2. The predicted molar refractivity (Wildman–Crippen MR) is 127 cm³/mol. The molecule has 1 aliphatic rings. The lowest BCUT2D eigenvalue weighted by atomic mass is 9.99. The highest BCUT2D eigenvalue weighted by Gasteiger charge is 2.25. The number of fused-ring (bicyclic) bond motifs is 2. The molecule has 1 N–H and O–H groups in total. The molecular weight excluding hydrogens is 494 g/mol. The van der Waals surface area contributed by atoms with Crippen molar-refractivity contribution in [3.63, 3.8) is 0 Å². The topological polar surface area (TPSA) is 71.4 Å². The molecule has 0 radical (unpaired) electrons. The highest BCUT2D eigenvalue weighted by molar-refractivity contribution is 9.10. The highest BCUT2D eigenvalue weighted by Crippen LogP contribution is 2.40. The van der Waals surface area contributed by atoms with Crippen molar-refractivity contribution in [2.45, 2.75) is 19.8 Å². The van der Waals surface area contributed by atoms with Gasteiger partial charge in [0.2, 0.25) is 0 Å². The van der Waals surface area contributed by atoms with Crippen LogP contribution in [-0.4, -0.2) is 40.3 Å². The number of rotatable bonds is 3. The molecule has 5 rings (SSSR count). The molecule has 0 bridgehead atoms. The van der Waals surface area contributed by atoms with E-state index in [2.05, 4.69) is 42.7 Å². The van der Waals surface area contributed by atoms with Crippen LogP contribution < -0.4 is 9.64 Å². The summed E-state index contributed by atoms with van der Waals surface area (Å²) in [5, 5.41) is 11.7. The quantitative estimate of drug-likeness (QED) is 0.370. The average molecular weight is 515 g/mol. The fraction of sp³-hybridized carbons (Fsp3) is 0.292. The molecule has 9 heteroatoms. The van der Waals surface area contributed by atoms with Gasteiger partial charge in [-0.05, 0) is 58.3 Å². The number of anilines is 1. The van der Waals surface area contributed by atoms with Crippen molar-refractivity contribution in [1.29, 1.82) is 0 Å². The SMILES string of the molecule is COc1nc(N2CCCC(C)C2)c2cnc(-c3cc(O)cc4ccc(F)c(Br)c34)c(F)c2n1. The van der Waals surface area contributed by atoms with Gasteiger partial charge in [-0.15, -0.1) is 0 Å². The number of aromatic hydroxyl groups is 1. The van der Waals surface area contributed by atoms with Gasteiger partial charge in [-0.3, -0.25) is 4.98 Å². The van der Waals surface area contributed by atoms with E-state index in [-0.39, 0.29) is 33.0 Å².